The Morgan fingerprint density at radius 2 is 1.11 bits per heavy atom. The lowest BCUT2D eigenvalue weighted by molar-refractivity contribution is 0.357. The van der Waals surface area contributed by atoms with Crippen molar-refractivity contribution in [2.45, 2.75) is 80.1 Å². The predicted octanol–water partition coefficient (Wildman–Crippen LogP) is 4.83. The SMILES string of the molecule is CC(C)(C)CCCCCCS(=O)(=O)CCC(C)(C)C. The van der Waals surface area contributed by atoms with E-state index in [1.54, 1.807) is 0 Å². The van der Waals surface area contributed by atoms with Crippen LogP contribution in [-0.4, -0.2) is 19.9 Å². The van der Waals surface area contributed by atoms with Crippen molar-refractivity contribution in [1.29, 1.82) is 0 Å². The Morgan fingerprint density at radius 3 is 1.58 bits per heavy atom. The fourth-order valence-electron chi connectivity index (χ4n) is 1.89. The topological polar surface area (TPSA) is 34.1 Å². The van der Waals surface area contributed by atoms with E-state index in [4.69, 9.17) is 0 Å². The van der Waals surface area contributed by atoms with Gasteiger partial charge in [0.25, 0.3) is 0 Å². The molecule has 0 saturated heterocycles. The summed E-state index contributed by atoms with van der Waals surface area (Å²) in [7, 11) is -2.83. The number of unbranched alkanes of at least 4 members (excludes halogenated alkanes) is 3. The zero-order valence-corrected chi connectivity index (χ0v) is 14.7. The Labute approximate surface area is 121 Å². The first-order valence-corrected chi connectivity index (χ1v) is 9.44. The molecule has 0 aromatic heterocycles. The first-order valence-electron chi connectivity index (χ1n) is 7.62. The van der Waals surface area contributed by atoms with E-state index in [0.717, 1.165) is 25.7 Å². The molecule has 0 bridgehead atoms. The van der Waals surface area contributed by atoms with Crippen LogP contribution in [0.25, 0.3) is 0 Å². The molecule has 0 fully saturated rings. The van der Waals surface area contributed by atoms with Crippen molar-refractivity contribution in [2.75, 3.05) is 11.5 Å². The summed E-state index contributed by atoms with van der Waals surface area (Å²) in [6.45, 7) is 13.0. The van der Waals surface area contributed by atoms with Crippen LogP contribution < -0.4 is 0 Å². The fourth-order valence-corrected chi connectivity index (χ4v) is 3.67. The second-order valence-corrected chi connectivity index (χ2v) is 10.5. The van der Waals surface area contributed by atoms with Crippen LogP contribution in [0, 0.1) is 10.8 Å². The zero-order valence-electron chi connectivity index (χ0n) is 13.9. The average molecular weight is 291 g/mol. The molecule has 0 atom stereocenters. The minimum atomic E-state index is -2.83. The smallest absolute Gasteiger partial charge is 0.150 e. The summed E-state index contributed by atoms with van der Waals surface area (Å²) in [6.07, 6.45) is 6.24. The van der Waals surface area contributed by atoms with Crippen molar-refractivity contribution in [3.8, 4) is 0 Å². The predicted molar refractivity (Wildman–Crippen MR) is 85.3 cm³/mol. The van der Waals surface area contributed by atoms with Gasteiger partial charge in [-0.05, 0) is 30.1 Å². The summed E-state index contributed by atoms with van der Waals surface area (Å²) in [5, 5.41) is 0. The molecule has 0 aliphatic heterocycles. The molecule has 3 heteroatoms. The van der Waals surface area contributed by atoms with Crippen LogP contribution in [-0.2, 0) is 9.84 Å². The molecule has 19 heavy (non-hydrogen) atoms. The van der Waals surface area contributed by atoms with Crippen LogP contribution in [0.1, 0.15) is 80.1 Å². The molecule has 0 aliphatic rings. The van der Waals surface area contributed by atoms with E-state index in [2.05, 4.69) is 41.5 Å². The molecule has 2 nitrogen and oxygen atoms in total. The summed E-state index contributed by atoms with van der Waals surface area (Å²) in [5.41, 5.74) is 0.512. The molecule has 0 amide bonds. The van der Waals surface area contributed by atoms with E-state index >= 15 is 0 Å². The number of sulfone groups is 1. The van der Waals surface area contributed by atoms with Crippen molar-refractivity contribution < 1.29 is 8.42 Å². The molecule has 0 aliphatic carbocycles. The number of hydrogen-bond donors (Lipinski definition) is 0. The zero-order chi connectivity index (χ0) is 15.2. The third kappa shape index (κ3) is 14.2. The Kier molecular flexibility index (Phi) is 7.64. The summed E-state index contributed by atoms with van der Waals surface area (Å²) in [4.78, 5) is 0. The van der Waals surface area contributed by atoms with Crippen molar-refractivity contribution in [3.63, 3.8) is 0 Å². The van der Waals surface area contributed by atoms with Gasteiger partial charge in [-0.15, -0.1) is 0 Å². The van der Waals surface area contributed by atoms with Crippen molar-refractivity contribution in [1.82, 2.24) is 0 Å². The highest BCUT2D eigenvalue weighted by molar-refractivity contribution is 7.91. The lowest BCUT2D eigenvalue weighted by Crippen LogP contribution is -2.17. The van der Waals surface area contributed by atoms with Crippen LogP contribution in [0.5, 0.6) is 0 Å². The number of rotatable bonds is 8. The Hall–Kier alpha value is -0.0500. The van der Waals surface area contributed by atoms with Gasteiger partial charge >= 0.3 is 0 Å². The first-order chi connectivity index (χ1) is 8.41. The van der Waals surface area contributed by atoms with Crippen molar-refractivity contribution in [3.05, 3.63) is 0 Å². The molecule has 0 aromatic rings. The van der Waals surface area contributed by atoms with E-state index in [0.29, 0.717) is 16.9 Å². The van der Waals surface area contributed by atoms with Gasteiger partial charge in [0.05, 0.1) is 11.5 Å². The average Bonchev–Trinajstić information content (AvgIpc) is 2.18. The second-order valence-electron chi connectivity index (χ2n) is 8.19. The minimum Gasteiger partial charge on any atom is -0.229 e. The molecule has 116 valence electrons. The molecule has 0 unspecified atom stereocenters. The standard InChI is InChI=1S/C16H34O2S/c1-15(2,3)11-9-7-8-10-13-19(17,18)14-12-16(4,5)6/h7-14H2,1-6H3. The summed E-state index contributed by atoms with van der Waals surface area (Å²) in [5.74, 6) is 0.719. The largest absolute Gasteiger partial charge is 0.229 e. The van der Waals surface area contributed by atoms with Gasteiger partial charge < -0.3 is 0 Å². The van der Waals surface area contributed by atoms with Gasteiger partial charge in [-0.3, -0.25) is 0 Å². The highest BCUT2D eigenvalue weighted by Crippen LogP contribution is 2.23. The summed E-state index contributed by atoms with van der Waals surface area (Å²) >= 11 is 0. The van der Waals surface area contributed by atoms with E-state index in [1.165, 1.54) is 12.8 Å². The molecule has 0 rings (SSSR count). The third-order valence-electron chi connectivity index (χ3n) is 3.30. The van der Waals surface area contributed by atoms with E-state index in [-0.39, 0.29) is 5.41 Å². The highest BCUT2D eigenvalue weighted by atomic mass is 32.2. The fraction of sp³-hybridized carbons (Fsp3) is 1.00. The van der Waals surface area contributed by atoms with Gasteiger partial charge in [0.2, 0.25) is 0 Å². The van der Waals surface area contributed by atoms with Crippen molar-refractivity contribution >= 4 is 9.84 Å². The normalized spacial score (nSPS) is 13.8. The molecular weight excluding hydrogens is 256 g/mol. The lowest BCUT2D eigenvalue weighted by Gasteiger charge is -2.18. The van der Waals surface area contributed by atoms with Gasteiger partial charge in [0.15, 0.2) is 0 Å². The third-order valence-corrected chi connectivity index (χ3v) is 5.03. The first kappa shape index (κ1) is 18.9. The van der Waals surface area contributed by atoms with Crippen LogP contribution in [0.2, 0.25) is 0 Å². The van der Waals surface area contributed by atoms with Gasteiger partial charge in [-0.1, -0.05) is 60.8 Å². The molecule has 0 saturated carbocycles. The van der Waals surface area contributed by atoms with Crippen LogP contribution >= 0.6 is 0 Å². The number of hydrogen-bond acceptors (Lipinski definition) is 2. The quantitative estimate of drug-likeness (QED) is 0.600. The summed E-state index contributed by atoms with van der Waals surface area (Å²) in [6, 6.07) is 0. The molecule has 0 aromatic carbocycles. The van der Waals surface area contributed by atoms with E-state index in [9.17, 15) is 8.42 Å². The lowest BCUT2D eigenvalue weighted by atomic mass is 9.89. The van der Waals surface area contributed by atoms with Gasteiger partial charge in [-0.25, -0.2) is 8.42 Å². The van der Waals surface area contributed by atoms with E-state index < -0.39 is 9.84 Å². The Morgan fingerprint density at radius 1 is 0.632 bits per heavy atom. The van der Waals surface area contributed by atoms with Gasteiger partial charge in [0, 0.05) is 0 Å². The maximum atomic E-state index is 11.9. The van der Waals surface area contributed by atoms with Gasteiger partial charge in [-0.2, -0.15) is 0 Å². The molecular formula is C16H34O2S. The molecule has 0 heterocycles. The monoisotopic (exact) mass is 290 g/mol. The molecule has 0 radical (unpaired) electrons. The maximum absolute atomic E-state index is 11.9. The van der Waals surface area contributed by atoms with Crippen LogP contribution in [0.4, 0.5) is 0 Å². The summed E-state index contributed by atoms with van der Waals surface area (Å²) < 4.78 is 23.7. The van der Waals surface area contributed by atoms with Crippen molar-refractivity contribution in [2.24, 2.45) is 10.8 Å². The Balaban J connectivity index is 3.71. The second kappa shape index (κ2) is 7.66. The molecule has 0 spiro atoms. The Bertz CT molecular complexity index is 329. The van der Waals surface area contributed by atoms with E-state index in [1.807, 2.05) is 0 Å². The molecule has 0 N–H and O–H groups in total. The van der Waals surface area contributed by atoms with Crippen LogP contribution in [0.3, 0.4) is 0 Å². The highest BCUT2D eigenvalue weighted by Gasteiger charge is 2.17. The minimum absolute atomic E-state index is 0.111. The van der Waals surface area contributed by atoms with Gasteiger partial charge in [0.1, 0.15) is 9.84 Å². The maximum Gasteiger partial charge on any atom is 0.150 e. The van der Waals surface area contributed by atoms with Crippen LogP contribution in [0.15, 0.2) is 0 Å².